The fourth-order valence-corrected chi connectivity index (χ4v) is 4.34. The lowest BCUT2D eigenvalue weighted by Gasteiger charge is -2.12. The van der Waals surface area contributed by atoms with Crippen LogP contribution in [0.25, 0.3) is 33.5 Å². The lowest BCUT2D eigenvalue weighted by molar-refractivity contribution is -0.483. The highest BCUT2D eigenvalue weighted by molar-refractivity contribution is 6.37. The van der Waals surface area contributed by atoms with Gasteiger partial charge in [0.1, 0.15) is 28.6 Å². The predicted octanol–water partition coefficient (Wildman–Crippen LogP) is 5.39. The van der Waals surface area contributed by atoms with E-state index >= 15 is 0 Å². The van der Waals surface area contributed by atoms with Gasteiger partial charge in [0, 0.05) is 20.2 Å². The van der Waals surface area contributed by atoms with E-state index in [0.29, 0.717) is 39.1 Å². The number of nitrogens with zero attached hydrogens (tertiary/aromatic N) is 7. The number of carbonyl (C=O) groups excluding carboxylic acids is 1. The average Bonchev–Trinajstić information content (AvgIpc) is 3.44. The number of aryl methyl sites for hydroxylation is 1. The standard InChI is InChI=1S/C21H12ClF3N8O3.2C2H6/c1-9(34)31-7-10(21(23,24)25)5-11(19(31)35)28-20-29-18-16(30(20)2)14(22)13-8-32(18)17-15-12(36-13)6-27-33(15)4-3-26-17;2*1-2/h3-8H,1-2H3;2*1-2H3/p+1. The van der Waals surface area contributed by atoms with E-state index in [4.69, 9.17) is 16.0 Å². The summed E-state index contributed by atoms with van der Waals surface area (Å²) < 4.78 is 51.3. The summed E-state index contributed by atoms with van der Waals surface area (Å²) in [5.74, 6) is -0.884. The lowest BCUT2D eigenvalue weighted by atomic mass is 10.2. The van der Waals surface area contributed by atoms with Gasteiger partial charge in [0.05, 0.1) is 18.0 Å². The second-order valence-corrected chi connectivity index (χ2v) is 8.34. The monoisotopic (exact) mass is 577 g/mol. The number of carbonyl (C=O) groups is 1. The van der Waals surface area contributed by atoms with Crippen LogP contribution >= 0.6 is 11.6 Å². The van der Waals surface area contributed by atoms with Gasteiger partial charge in [-0.1, -0.05) is 44.3 Å². The molecule has 0 fully saturated rings. The maximum atomic E-state index is 13.4. The first-order valence-corrected chi connectivity index (χ1v) is 12.7. The van der Waals surface area contributed by atoms with Crippen molar-refractivity contribution in [1.82, 2.24) is 28.7 Å². The van der Waals surface area contributed by atoms with Crippen molar-refractivity contribution in [3.8, 4) is 0 Å². The highest BCUT2D eigenvalue weighted by Crippen LogP contribution is 2.33. The number of alkyl halides is 3. The normalized spacial score (nSPS) is 11.4. The van der Waals surface area contributed by atoms with Crippen LogP contribution in [0.5, 0.6) is 0 Å². The van der Waals surface area contributed by atoms with Crippen LogP contribution in [0.3, 0.4) is 0 Å². The number of anilines is 2. The van der Waals surface area contributed by atoms with E-state index in [-0.39, 0.29) is 22.2 Å². The molecule has 6 heterocycles. The number of pyridine rings is 2. The van der Waals surface area contributed by atoms with Crippen molar-refractivity contribution in [1.29, 1.82) is 0 Å². The summed E-state index contributed by atoms with van der Waals surface area (Å²) in [6.07, 6.45) is 1.94. The average molecular weight is 578 g/mol. The number of rotatable bonds is 2. The fraction of sp³-hybridized carbons (Fsp3) is 0.280. The highest BCUT2D eigenvalue weighted by atomic mass is 35.5. The minimum absolute atomic E-state index is 0.00872. The maximum Gasteiger partial charge on any atom is 0.417 e. The third-order valence-corrected chi connectivity index (χ3v) is 6.10. The first kappa shape index (κ1) is 28.5. The molecule has 0 aliphatic rings. The number of fused-ring (bicyclic) bond motifs is 5. The summed E-state index contributed by atoms with van der Waals surface area (Å²) in [7, 11) is 1.56. The summed E-state index contributed by atoms with van der Waals surface area (Å²) in [5, 5.41) is 7.02. The van der Waals surface area contributed by atoms with Gasteiger partial charge >= 0.3 is 6.18 Å². The third kappa shape index (κ3) is 4.53. The quantitative estimate of drug-likeness (QED) is 0.274. The van der Waals surface area contributed by atoms with Gasteiger partial charge < -0.3 is 9.73 Å². The molecule has 0 atom stereocenters. The topological polar surface area (TPSA) is 116 Å². The molecule has 0 unspecified atom stereocenters. The summed E-state index contributed by atoms with van der Waals surface area (Å²) in [4.78, 5) is 33.5. The van der Waals surface area contributed by atoms with E-state index in [1.807, 2.05) is 27.7 Å². The molecule has 0 aliphatic heterocycles. The Morgan fingerprint density at radius 1 is 1.12 bits per heavy atom. The number of hydrogen-bond donors (Lipinski definition) is 1. The smallest absolute Gasteiger partial charge is 0.417 e. The Kier molecular flexibility index (Phi) is 7.57. The Morgan fingerprint density at radius 3 is 2.48 bits per heavy atom. The molecule has 210 valence electrons. The van der Waals surface area contributed by atoms with Crippen molar-refractivity contribution in [2.45, 2.75) is 40.8 Å². The Labute approximate surface area is 229 Å². The first-order chi connectivity index (χ1) is 19.0. The zero-order valence-corrected chi connectivity index (χ0v) is 23.1. The number of halogens is 4. The summed E-state index contributed by atoms with van der Waals surface area (Å²) >= 11 is 6.64. The fourth-order valence-electron chi connectivity index (χ4n) is 4.04. The van der Waals surface area contributed by atoms with Crippen molar-refractivity contribution in [3.63, 3.8) is 0 Å². The SMILES string of the molecule is CC.CC.CC(=O)n1cc(C(F)(F)F)cc(Nc2nc3c(c(Cl)c4c[n+]3c3nccn5ncc(o4)c35)n2C)c1=O. The maximum absolute atomic E-state index is 13.4. The number of aromatic nitrogens is 7. The van der Waals surface area contributed by atoms with Gasteiger partial charge in [-0.05, 0) is 6.07 Å². The second kappa shape index (κ2) is 10.6. The van der Waals surface area contributed by atoms with E-state index in [9.17, 15) is 22.8 Å². The Bertz CT molecular complexity index is 1950. The molecule has 1 N–H and O–H groups in total. The van der Waals surface area contributed by atoms with E-state index in [2.05, 4.69) is 20.4 Å². The molecule has 2 bridgehead atoms. The van der Waals surface area contributed by atoms with Crippen LogP contribution in [0, 0.1) is 0 Å². The molecule has 6 aromatic heterocycles. The summed E-state index contributed by atoms with van der Waals surface area (Å²) in [6.45, 7) is 8.99. The highest BCUT2D eigenvalue weighted by Gasteiger charge is 2.33. The van der Waals surface area contributed by atoms with Gasteiger partial charge in [-0.3, -0.25) is 18.7 Å². The second-order valence-electron chi connectivity index (χ2n) is 7.96. The zero-order chi connectivity index (χ0) is 29.5. The lowest BCUT2D eigenvalue weighted by Crippen LogP contribution is -2.28. The molecule has 15 heteroatoms. The molecule has 0 aliphatic carbocycles. The van der Waals surface area contributed by atoms with E-state index in [1.165, 1.54) is 17.0 Å². The zero-order valence-electron chi connectivity index (χ0n) is 22.3. The van der Waals surface area contributed by atoms with Crippen molar-refractivity contribution in [2.75, 3.05) is 5.32 Å². The van der Waals surface area contributed by atoms with Crippen LogP contribution in [0.4, 0.5) is 24.8 Å². The van der Waals surface area contributed by atoms with E-state index < -0.39 is 28.9 Å². The van der Waals surface area contributed by atoms with Crippen molar-refractivity contribution < 1.29 is 26.8 Å². The number of nitrogens with one attached hydrogen (secondary N) is 1. The van der Waals surface area contributed by atoms with Crippen LogP contribution in [0.15, 0.2) is 46.3 Å². The van der Waals surface area contributed by atoms with Crippen molar-refractivity contribution >= 4 is 62.6 Å². The van der Waals surface area contributed by atoms with Gasteiger partial charge in [-0.25, -0.2) is 4.52 Å². The van der Waals surface area contributed by atoms with Crippen molar-refractivity contribution in [3.05, 3.63) is 58.0 Å². The Morgan fingerprint density at radius 2 is 1.82 bits per heavy atom. The predicted molar refractivity (Wildman–Crippen MR) is 143 cm³/mol. The number of hydrogen-bond acceptors (Lipinski definition) is 7. The molecule has 6 aromatic rings. The van der Waals surface area contributed by atoms with Crippen LogP contribution in [0.2, 0.25) is 5.02 Å². The third-order valence-electron chi connectivity index (χ3n) is 5.73. The van der Waals surface area contributed by atoms with Gasteiger partial charge in [-0.15, -0.1) is 4.98 Å². The number of imidazole rings is 1. The van der Waals surface area contributed by atoms with Gasteiger partial charge in [-0.2, -0.15) is 22.7 Å². The van der Waals surface area contributed by atoms with Gasteiger partial charge in [0.25, 0.3) is 22.8 Å². The molecular formula is C25H25ClF3N8O3+. The molecule has 40 heavy (non-hydrogen) atoms. The van der Waals surface area contributed by atoms with E-state index in [0.717, 1.165) is 6.92 Å². The first-order valence-electron chi connectivity index (χ1n) is 12.3. The molecular weight excluding hydrogens is 553 g/mol. The molecule has 0 radical (unpaired) electrons. The van der Waals surface area contributed by atoms with Gasteiger partial charge in [0.15, 0.2) is 16.7 Å². The molecule has 0 spiro atoms. The molecule has 0 saturated heterocycles. The molecule has 11 nitrogen and oxygen atoms in total. The molecule has 0 amide bonds. The summed E-state index contributed by atoms with van der Waals surface area (Å²) in [5.41, 5.74) is -0.347. The van der Waals surface area contributed by atoms with Crippen LogP contribution in [-0.4, -0.2) is 34.6 Å². The van der Waals surface area contributed by atoms with Crippen LogP contribution in [0.1, 0.15) is 45.0 Å². The van der Waals surface area contributed by atoms with Gasteiger partial charge in [0.2, 0.25) is 5.91 Å². The molecule has 0 aromatic carbocycles. The largest absolute Gasteiger partial charge is 0.448 e. The minimum atomic E-state index is -4.80. The molecule has 6 rings (SSSR count). The molecule has 0 saturated carbocycles. The van der Waals surface area contributed by atoms with Crippen molar-refractivity contribution in [2.24, 2.45) is 7.05 Å². The Balaban J connectivity index is 0.000000886. The minimum Gasteiger partial charge on any atom is -0.448 e. The summed E-state index contributed by atoms with van der Waals surface area (Å²) in [6, 6.07) is 0.620. The Hall–Kier alpha value is -4.46. The van der Waals surface area contributed by atoms with E-state index in [1.54, 1.807) is 28.4 Å². The van der Waals surface area contributed by atoms with Crippen LogP contribution < -0.4 is 15.3 Å². The van der Waals surface area contributed by atoms with Crippen LogP contribution in [-0.2, 0) is 13.2 Å².